The van der Waals surface area contributed by atoms with Crippen LogP contribution in [0.4, 0.5) is 14.5 Å². The van der Waals surface area contributed by atoms with E-state index in [4.69, 9.17) is 0 Å². The van der Waals surface area contributed by atoms with Crippen molar-refractivity contribution in [2.24, 2.45) is 0 Å². The lowest BCUT2D eigenvalue weighted by molar-refractivity contribution is -0.119. The van der Waals surface area contributed by atoms with E-state index in [1.54, 1.807) is 6.07 Å². The van der Waals surface area contributed by atoms with E-state index in [0.29, 0.717) is 11.6 Å². The molecule has 0 bridgehead atoms. The number of carbonyl (C=O) groups is 2. The number of amides is 2. The number of nitrogens with zero attached hydrogens (tertiary/aromatic N) is 1. The molecule has 3 nitrogen and oxygen atoms in total. The monoisotopic (exact) mass is 421 g/mol. The highest BCUT2D eigenvalue weighted by molar-refractivity contribution is 8.04. The zero-order valence-corrected chi connectivity index (χ0v) is 17.1. The summed E-state index contributed by atoms with van der Waals surface area (Å²) in [6.45, 7) is 3.80. The van der Waals surface area contributed by atoms with Crippen LogP contribution in [0.2, 0.25) is 0 Å². The highest BCUT2D eigenvalue weighted by Gasteiger charge is 2.42. The molecule has 0 atom stereocenters. The van der Waals surface area contributed by atoms with Gasteiger partial charge in [-0.05, 0) is 49.2 Å². The molecule has 6 heteroatoms. The second-order valence-electron chi connectivity index (χ2n) is 6.98. The summed E-state index contributed by atoms with van der Waals surface area (Å²) in [5.74, 6) is -3.01. The van der Waals surface area contributed by atoms with E-state index in [-0.39, 0.29) is 16.2 Å². The van der Waals surface area contributed by atoms with Gasteiger partial charge in [0.1, 0.15) is 11.6 Å². The Morgan fingerprint density at radius 2 is 1.57 bits per heavy atom. The Morgan fingerprint density at radius 3 is 2.23 bits per heavy atom. The highest BCUT2D eigenvalue weighted by atomic mass is 32.2. The van der Waals surface area contributed by atoms with Crippen molar-refractivity contribution in [2.45, 2.75) is 18.7 Å². The molecule has 4 rings (SSSR count). The van der Waals surface area contributed by atoms with Crippen molar-refractivity contribution in [3.05, 3.63) is 100.0 Å². The molecule has 0 saturated carbocycles. The van der Waals surface area contributed by atoms with Crippen LogP contribution in [0.5, 0.6) is 0 Å². The van der Waals surface area contributed by atoms with E-state index < -0.39 is 23.4 Å². The minimum atomic E-state index is -0.970. The number of anilines is 1. The molecule has 0 unspecified atom stereocenters. The average Bonchev–Trinajstić information content (AvgIpc) is 2.93. The number of carbonyl (C=O) groups excluding carboxylic acids is 2. The Hall–Kier alpha value is -3.25. The molecule has 1 aliphatic heterocycles. The Balaban J connectivity index is 1.88. The Bertz CT molecular complexity index is 1210. The van der Waals surface area contributed by atoms with Gasteiger partial charge in [-0.3, -0.25) is 9.59 Å². The minimum Gasteiger partial charge on any atom is -0.268 e. The zero-order valence-electron chi connectivity index (χ0n) is 16.3. The summed E-state index contributed by atoms with van der Waals surface area (Å²) in [6.07, 6.45) is 0. The lowest BCUT2D eigenvalue weighted by Gasteiger charge is -2.16. The Morgan fingerprint density at radius 1 is 0.833 bits per heavy atom. The second kappa shape index (κ2) is 7.88. The van der Waals surface area contributed by atoms with Gasteiger partial charge in [0, 0.05) is 11.0 Å². The molecular formula is C24H17F2NO2S. The first-order valence-corrected chi connectivity index (χ1v) is 10.1. The smallest absolute Gasteiger partial charge is 0.268 e. The maximum absolute atomic E-state index is 14.5. The summed E-state index contributed by atoms with van der Waals surface area (Å²) in [6, 6.07) is 17.5. The van der Waals surface area contributed by atoms with Crippen LogP contribution in [0.15, 0.2) is 76.5 Å². The van der Waals surface area contributed by atoms with Gasteiger partial charge in [-0.1, -0.05) is 53.7 Å². The normalized spacial score (nSPS) is 14.1. The molecule has 0 saturated heterocycles. The Labute approximate surface area is 177 Å². The number of hydrogen-bond acceptors (Lipinski definition) is 3. The topological polar surface area (TPSA) is 37.4 Å². The van der Waals surface area contributed by atoms with Crippen molar-refractivity contribution in [2.75, 3.05) is 4.90 Å². The first kappa shape index (κ1) is 20.0. The molecule has 0 aromatic heterocycles. The van der Waals surface area contributed by atoms with Gasteiger partial charge in [0.2, 0.25) is 0 Å². The lowest BCUT2D eigenvalue weighted by Crippen LogP contribution is -2.32. The second-order valence-corrected chi connectivity index (χ2v) is 8.06. The van der Waals surface area contributed by atoms with E-state index >= 15 is 0 Å². The minimum absolute atomic E-state index is 0.210. The van der Waals surface area contributed by atoms with E-state index in [9.17, 15) is 18.4 Å². The van der Waals surface area contributed by atoms with Crippen molar-refractivity contribution in [3.8, 4) is 0 Å². The van der Waals surface area contributed by atoms with Gasteiger partial charge in [-0.25, -0.2) is 13.7 Å². The fourth-order valence-electron chi connectivity index (χ4n) is 3.42. The van der Waals surface area contributed by atoms with Gasteiger partial charge in [0.25, 0.3) is 11.8 Å². The Kier molecular flexibility index (Phi) is 5.26. The fraction of sp³-hybridized carbons (Fsp3) is 0.0833. The molecule has 30 heavy (non-hydrogen) atoms. The number of hydrogen-bond donors (Lipinski definition) is 0. The van der Waals surface area contributed by atoms with E-state index in [1.165, 1.54) is 0 Å². The summed E-state index contributed by atoms with van der Waals surface area (Å²) in [5, 5.41) is 0. The van der Waals surface area contributed by atoms with Crippen LogP contribution in [0, 0.1) is 25.5 Å². The molecule has 3 aromatic rings. The quantitative estimate of drug-likeness (QED) is 0.510. The van der Waals surface area contributed by atoms with Gasteiger partial charge in [-0.15, -0.1) is 0 Å². The lowest BCUT2D eigenvalue weighted by atomic mass is 9.99. The summed E-state index contributed by atoms with van der Waals surface area (Å²) in [4.78, 5) is 28.4. The number of benzene rings is 3. The van der Waals surface area contributed by atoms with Crippen LogP contribution < -0.4 is 4.90 Å². The van der Waals surface area contributed by atoms with Gasteiger partial charge in [-0.2, -0.15) is 0 Å². The van der Waals surface area contributed by atoms with Gasteiger partial charge >= 0.3 is 0 Å². The summed E-state index contributed by atoms with van der Waals surface area (Å²) >= 11 is 1.16. The first-order valence-electron chi connectivity index (χ1n) is 9.25. The molecule has 150 valence electrons. The van der Waals surface area contributed by atoms with Crippen LogP contribution in [-0.2, 0) is 9.59 Å². The molecule has 0 spiro atoms. The molecule has 1 heterocycles. The van der Waals surface area contributed by atoms with E-state index in [0.717, 1.165) is 44.8 Å². The van der Waals surface area contributed by atoms with E-state index in [1.807, 2.05) is 56.3 Å². The molecule has 1 aliphatic rings. The summed E-state index contributed by atoms with van der Waals surface area (Å²) < 4.78 is 27.8. The number of aryl methyl sites for hydroxylation is 2. The van der Waals surface area contributed by atoms with Crippen LogP contribution in [0.3, 0.4) is 0 Å². The van der Waals surface area contributed by atoms with Crippen molar-refractivity contribution in [1.29, 1.82) is 0 Å². The van der Waals surface area contributed by atoms with E-state index in [2.05, 4.69) is 0 Å². The zero-order chi connectivity index (χ0) is 21.4. The van der Waals surface area contributed by atoms with Gasteiger partial charge < -0.3 is 0 Å². The van der Waals surface area contributed by atoms with Crippen molar-refractivity contribution < 1.29 is 18.4 Å². The van der Waals surface area contributed by atoms with Crippen molar-refractivity contribution in [3.63, 3.8) is 0 Å². The first-order chi connectivity index (χ1) is 14.4. The maximum Gasteiger partial charge on any atom is 0.273 e. The van der Waals surface area contributed by atoms with Gasteiger partial charge in [0.05, 0.1) is 16.2 Å². The summed E-state index contributed by atoms with van der Waals surface area (Å²) in [7, 11) is 0. The average molecular weight is 421 g/mol. The third kappa shape index (κ3) is 3.55. The molecule has 3 aromatic carbocycles. The number of halogens is 2. The van der Waals surface area contributed by atoms with Crippen LogP contribution >= 0.6 is 11.8 Å². The molecule has 0 aliphatic carbocycles. The fourth-order valence-corrected chi connectivity index (χ4v) is 4.43. The standard InChI is InChI=1S/C24H17F2NO2S/c1-14-8-10-18(15(2)12-14)21-22(30-17-6-4-3-5-7-17)24(29)27(23(21)28)20-11-9-16(25)13-19(20)26/h3-13H,1-2H3. The number of imide groups is 1. The third-order valence-corrected chi connectivity index (χ3v) is 5.90. The van der Waals surface area contributed by atoms with Crippen LogP contribution in [0.1, 0.15) is 16.7 Å². The molecular weight excluding hydrogens is 404 g/mol. The SMILES string of the molecule is Cc1ccc(C2=C(Sc3ccccc3)C(=O)N(c3ccc(F)cc3F)C2=O)c(C)c1. The van der Waals surface area contributed by atoms with Crippen molar-refractivity contribution in [1.82, 2.24) is 0 Å². The van der Waals surface area contributed by atoms with Crippen molar-refractivity contribution >= 4 is 34.8 Å². The summed E-state index contributed by atoms with van der Waals surface area (Å²) in [5.41, 5.74) is 2.42. The third-order valence-electron chi connectivity index (χ3n) is 4.81. The number of rotatable bonds is 4. The molecule has 0 fully saturated rings. The predicted molar refractivity (Wildman–Crippen MR) is 114 cm³/mol. The number of thioether (sulfide) groups is 1. The molecule has 0 radical (unpaired) electrons. The van der Waals surface area contributed by atoms with Gasteiger partial charge in [0.15, 0.2) is 0 Å². The molecule has 2 amide bonds. The molecule has 0 N–H and O–H groups in total. The van der Waals surface area contributed by atoms with Crippen LogP contribution in [0.25, 0.3) is 5.57 Å². The predicted octanol–water partition coefficient (Wildman–Crippen LogP) is 5.66. The van der Waals surface area contributed by atoms with Crippen LogP contribution in [-0.4, -0.2) is 11.8 Å². The largest absolute Gasteiger partial charge is 0.273 e. The maximum atomic E-state index is 14.5. The highest BCUT2D eigenvalue weighted by Crippen LogP contribution is 2.42.